The highest BCUT2D eigenvalue weighted by atomic mass is 79.9. The number of pyridine rings is 1. The van der Waals surface area contributed by atoms with Gasteiger partial charge in [-0.3, -0.25) is 4.40 Å². The molecule has 4 rings (SSSR count). The molecule has 0 atom stereocenters. The number of hydrogen-bond donors (Lipinski definition) is 2. The van der Waals surface area contributed by atoms with Gasteiger partial charge in [0.15, 0.2) is 0 Å². The first-order valence-corrected chi connectivity index (χ1v) is 13.5. The molecule has 0 bridgehead atoms. The number of halogens is 2. The standard InChI is InChI=1S/C27H34BrClN4O3/c1-27(2,3)36-26(34)31-20-9-7-19(8-10-20)30-25-22(32-24-16-18(28)13-14-33(24)25)11-5-17-6-12-23(35-4)21(29)15-17/h6,12-16,19-20,30H,5,7-11H2,1-4H3,(H,31,34). The molecule has 1 fully saturated rings. The Morgan fingerprint density at radius 3 is 2.53 bits per heavy atom. The molecule has 9 heteroatoms. The monoisotopic (exact) mass is 576 g/mol. The largest absolute Gasteiger partial charge is 0.495 e. The third kappa shape index (κ3) is 6.85. The van der Waals surface area contributed by atoms with Crippen molar-refractivity contribution in [3.8, 4) is 5.75 Å². The van der Waals surface area contributed by atoms with Crippen LogP contribution in [0.5, 0.6) is 5.75 Å². The Morgan fingerprint density at radius 1 is 1.14 bits per heavy atom. The summed E-state index contributed by atoms with van der Waals surface area (Å²) in [5, 5.41) is 7.40. The van der Waals surface area contributed by atoms with E-state index in [1.807, 2.05) is 57.3 Å². The molecule has 194 valence electrons. The first kappa shape index (κ1) is 26.6. The minimum absolute atomic E-state index is 0.135. The number of methoxy groups -OCH3 is 1. The van der Waals surface area contributed by atoms with Gasteiger partial charge in [0.1, 0.15) is 22.8 Å². The molecule has 1 aliphatic carbocycles. The number of aromatic nitrogens is 2. The molecule has 7 nitrogen and oxygen atoms in total. The minimum atomic E-state index is -0.492. The van der Waals surface area contributed by atoms with E-state index in [9.17, 15) is 4.79 Å². The Balaban J connectivity index is 1.43. The topological polar surface area (TPSA) is 76.9 Å². The Bertz CT molecular complexity index is 1220. The number of aryl methyl sites for hydroxylation is 2. The van der Waals surface area contributed by atoms with Crippen LogP contribution in [0.2, 0.25) is 5.02 Å². The van der Waals surface area contributed by atoms with E-state index in [1.54, 1.807) is 7.11 Å². The number of alkyl carbamates (subject to hydrolysis) is 1. The van der Waals surface area contributed by atoms with Crippen molar-refractivity contribution in [3.05, 3.63) is 57.3 Å². The molecule has 0 spiro atoms. The van der Waals surface area contributed by atoms with Gasteiger partial charge in [0, 0.05) is 22.8 Å². The summed E-state index contributed by atoms with van der Waals surface area (Å²) in [6.45, 7) is 5.63. The van der Waals surface area contributed by atoms with Gasteiger partial charge in [-0.2, -0.15) is 0 Å². The van der Waals surface area contributed by atoms with Crippen LogP contribution in [0.15, 0.2) is 41.0 Å². The van der Waals surface area contributed by atoms with Crippen LogP contribution >= 0.6 is 27.5 Å². The summed E-state index contributed by atoms with van der Waals surface area (Å²) in [4.78, 5) is 17.1. The lowest BCUT2D eigenvalue weighted by Gasteiger charge is -2.31. The van der Waals surface area contributed by atoms with Gasteiger partial charge in [0.2, 0.25) is 0 Å². The second kappa shape index (κ2) is 11.3. The molecule has 0 saturated heterocycles. The van der Waals surface area contributed by atoms with E-state index in [2.05, 4.69) is 31.0 Å². The molecule has 2 N–H and O–H groups in total. The second-order valence-electron chi connectivity index (χ2n) is 10.3. The molecule has 1 amide bonds. The highest BCUT2D eigenvalue weighted by Crippen LogP contribution is 2.29. The van der Waals surface area contributed by atoms with Crippen molar-refractivity contribution in [2.75, 3.05) is 12.4 Å². The maximum atomic E-state index is 12.1. The highest BCUT2D eigenvalue weighted by Gasteiger charge is 2.26. The van der Waals surface area contributed by atoms with Crippen molar-refractivity contribution in [2.24, 2.45) is 0 Å². The Morgan fingerprint density at radius 2 is 1.86 bits per heavy atom. The number of hydrogen-bond acceptors (Lipinski definition) is 5. The van der Waals surface area contributed by atoms with Crippen molar-refractivity contribution in [2.45, 2.75) is 77.0 Å². The SMILES string of the molecule is COc1ccc(CCc2nc3cc(Br)ccn3c2NC2CCC(NC(=O)OC(C)(C)C)CC2)cc1Cl. The number of rotatable bonds is 7. The number of carbonyl (C=O) groups excluding carboxylic acids is 1. The molecule has 2 heterocycles. The zero-order valence-corrected chi connectivity index (χ0v) is 23.6. The predicted molar refractivity (Wildman–Crippen MR) is 147 cm³/mol. The Kier molecular flexibility index (Phi) is 8.35. The summed E-state index contributed by atoms with van der Waals surface area (Å²) in [6, 6.07) is 10.4. The van der Waals surface area contributed by atoms with Crippen LogP contribution in [0, 0.1) is 0 Å². The number of imidazole rings is 1. The molecule has 0 unspecified atom stereocenters. The number of ether oxygens (including phenoxy) is 2. The second-order valence-corrected chi connectivity index (χ2v) is 11.6. The maximum Gasteiger partial charge on any atom is 0.407 e. The fourth-order valence-corrected chi connectivity index (χ4v) is 5.18. The van der Waals surface area contributed by atoms with Crippen molar-refractivity contribution in [1.29, 1.82) is 0 Å². The number of benzene rings is 1. The smallest absolute Gasteiger partial charge is 0.407 e. The number of nitrogens with zero attached hydrogens (tertiary/aromatic N) is 2. The summed E-state index contributed by atoms with van der Waals surface area (Å²) >= 11 is 9.89. The molecule has 36 heavy (non-hydrogen) atoms. The van der Waals surface area contributed by atoms with E-state index >= 15 is 0 Å². The first-order valence-electron chi connectivity index (χ1n) is 12.4. The van der Waals surface area contributed by atoms with Crippen LogP contribution in [-0.2, 0) is 17.6 Å². The van der Waals surface area contributed by atoms with Crippen molar-refractivity contribution < 1.29 is 14.3 Å². The van der Waals surface area contributed by atoms with Gasteiger partial charge in [-0.15, -0.1) is 0 Å². The van der Waals surface area contributed by atoms with E-state index in [4.69, 9.17) is 26.1 Å². The van der Waals surface area contributed by atoms with Crippen molar-refractivity contribution in [1.82, 2.24) is 14.7 Å². The summed E-state index contributed by atoms with van der Waals surface area (Å²) in [6.07, 6.45) is 7.01. The first-order chi connectivity index (χ1) is 17.1. The summed E-state index contributed by atoms with van der Waals surface area (Å²) in [5.74, 6) is 1.71. The van der Waals surface area contributed by atoms with Crippen molar-refractivity contribution in [3.63, 3.8) is 0 Å². The maximum absolute atomic E-state index is 12.1. The molecular formula is C27H34BrClN4O3. The highest BCUT2D eigenvalue weighted by molar-refractivity contribution is 9.10. The zero-order valence-electron chi connectivity index (χ0n) is 21.2. The van der Waals surface area contributed by atoms with Gasteiger partial charge in [-0.05, 0) is 89.1 Å². The fraction of sp³-hybridized carbons (Fsp3) is 0.481. The van der Waals surface area contributed by atoms with Crippen LogP contribution in [0.1, 0.15) is 57.7 Å². The summed E-state index contributed by atoms with van der Waals surface area (Å²) < 4.78 is 13.8. The van der Waals surface area contributed by atoms with E-state index < -0.39 is 5.60 Å². The van der Waals surface area contributed by atoms with Crippen LogP contribution in [0.4, 0.5) is 10.6 Å². The van der Waals surface area contributed by atoms with Crippen LogP contribution in [0.25, 0.3) is 5.65 Å². The van der Waals surface area contributed by atoms with Gasteiger partial charge in [-0.1, -0.05) is 33.6 Å². The third-order valence-corrected chi connectivity index (χ3v) is 7.10. The Hall–Kier alpha value is -2.45. The average molecular weight is 578 g/mol. The molecule has 1 aromatic carbocycles. The van der Waals surface area contributed by atoms with Crippen LogP contribution in [-0.4, -0.2) is 40.3 Å². The van der Waals surface area contributed by atoms with Gasteiger partial charge in [0.25, 0.3) is 0 Å². The van der Waals surface area contributed by atoms with E-state index in [0.717, 1.165) is 65.7 Å². The molecule has 0 aliphatic heterocycles. The number of anilines is 1. The van der Waals surface area contributed by atoms with E-state index in [-0.39, 0.29) is 12.1 Å². The molecule has 0 radical (unpaired) electrons. The van der Waals surface area contributed by atoms with Gasteiger partial charge < -0.3 is 20.1 Å². The minimum Gasteiger partial charge on any atom is -0.495 e. The lowest BCUT2D eigenvalue weighted by Crippen LogP contribution is -2.42. The van der Waals surface area contributed by atoms with E-state index in [0.29, 0.717) is 16.8 Å². The molecule has 1 saturated carbocycles. The normalized spacial score (nSPS) is 18.2. The molecular weight excluding hydrogens is 544 g/mol. The van der Waals surface area contributed by atoms with Crippen LogP contribution in [0.3, 0.4) is 0 Å². The van der Waals surface area contributed by atoms with E-state index in [1.165, 1.54) is 0 Å². The predicted octanol–water partition coefficient (Wildman–Crippen LogP) is 6.79. The number of amides is 1. The lowest BCUT2D eigenvalue weighted by atomic mass is 9.91. The van der Waals surface area contributed by atoms with Crippen LogP contribution < -0.4 is 15.4 Å². The Labute approximate surface area is 226 Å². The molecule has 2 aromatic heterocycles. The number of carbonyl (C=O) groups is 1. The number of nitrogens with one attached hydrogen (secondary N) is 2. The molecule has 3 aromatic rings. The van der Waals surface area contributed by atoms with Gasteiger partial charge >= 0.3 is 6.09 Å². The lowest BCUT2D eigenvalue weighted by molar-refractivity contribution is 0.0492. The zero-order chi connectivity index (χ0) is 25.9. The average Bonchev–Trinajstić information content (AvgIpc) is 3.14. The quantitative estimate of drug-likeness (QED) is 0.323. The van der Waals surface area contributed by atoms with Gasteiger partial charge in [0.05, 0.1) is 17.8 Å². The number of fused-ring (bicyclic) bond motifs is 1. The molecule has 1 aliphatic rings. The summed E-state index contributed by atoms with van der Waals surface area (Å²) in [5.41, 5.74) is 2.57. The third-order valence-electron chi connectivity index (χ3n) is 6.32. The summed E-state index contributed by atoms with van der Waals surface area (Å²) in [7, 11) is 1.62. The van der Waals surface area contributed by atoms with Crippen molar-refractivity contribution >= 4 is 45.1 Å². The van der Waals surface area contributed by atoms with Gasteiger partial charge in [-0.25, -0.2) is 9.78 Å². The fourth-order valence-electron chi connectivity index (χ4n) is 4.57.